The van der Waals surface area contributed by atoms with E-state index in [2.05, 4.69) is 10.3 Å². The Hall–Kier alpha value is -4.00. The Morgan fingerprint density at radius 3 is 2.68 bits per heavy atom. The molecular weight excluding hydrogens is 436 g/mol. The Morgan fingerprint density at radius 1 is 1.18 bits per heavy atom. The quantitative estimate of drug-likeness (QED) is 0.317. The standard InChI is InChI=1S/C25H23BFN3O4/c27-22-10-5-12-29-25(22)20(17-28)14-19-8-4-9-21(15-19)34-13-11-24(31)30-23(26(32)33)16-18-6-2-1-3-7-18/h1-10,12,14-15,23,32-33H,11,13,16H2,(H,30,31). The summed E-state index contributed by atoms with van der Waals surface area (Å²) < 4.78 is 19.6. The summed E-state index contributed by atoms with van der Waals surface area (Å²) in [6.07, 6.45) is 3.19. The Bertz CT molecular complexity index is 1180. The summed E-state index contributed by atoms with van der Waals surface area (Å²) in [5.74, 6) is -1.36. The monoisotopic (exact) mass is 459 g/mol. The highest BCUT2D eigenvalue weighted by Crippen LogP contribution is 2.21. The largest absolute Gasteiger partial charge is 0.493 e. The lowest BCUT2D eigenvalue weighted by molar-refractivity contribution is -0.122. The molecule has 3 aromatic rings. The van der Waals surface area contributed by atoms with Gasteiger partial charge in [0.15, 0.2) is 0 Å². The van der Waals surface area contributed by atoms with Crippen molar-refractivity contribution in [3.63, 3.8) is 0 Å². The van der Waals surface area contributed by atoms with Crippen molar-refractivity contribution < 1.29 is 24.0 Å². The molecule has 34 heavy (non-hydrogen) atoms. The van der Waals surface area contributed by atoms with Gasteiger partial charge in [-0.05, 0) is 47.9 Å². The number of benzene rings is 2. The number of amides is 1. The summed E-state index contributed by atoms with van der Waals surface area (Å²) in [5.41, 5.74) is 1.50. The summed E-state index contributed by atoms with van der Waals surface area (Å²) >= 11 is 0. The fourth-order valence-electron chi connectivity index (χ4n) is 3.24. The van der Waals surface area contributed by atoms with E-state index in [0.717, 1.165) is 5.56 Å². The summed E-state index contributed by atoms with van der Waals surface area (Å²) in [6.45, 7) is 0.0541. The molecule has 0 saturated heterocycles. The third-order valence-electron chi connectivity index (χ3n) is 4.91. The van der Waals surface area contributed by atoms with E-state index in [0.29, 0.717) is 11.3 Å². The number of hydrogen-bond donors (Lipinski definition) is 3. The Kier molecular flexibility index (Phi) is 8.92. The lowest BCUT2D eigenvalue weighted by Gasteiger charge is -2.18. The number of halogens is 1. The molecule has 0 fully saturated rings. The van der Waals surface area contributed by atoms with E-state index in [1.54, 1.807) is 24.3 Å². The zero-order valence-electron chi connectivity index (χ0n) is 18.3. The average Bonchev–Trinajstić information content (AvgIpc) is 2.83. The van der Waals surface area contributed by atoms with Crippen LogP contribution in [0.2, 0.25) is 0 Å². The predicted molar refractivity (Wildman–Crippen MR) is 127 cm³/mol. The van der Waals surface area contributed by atoms with Crippen molar-refractivity contribution in [3.8, 4) is 11.8 Å². The molecule has 0 aliphatic carbocycles. The second-order valence-corrected chi connectivity index (χ2v) is 7.45. The summed E-state index contributed by atoms with van der Waals surface area (Å²) in [5, 5.41) is 31.2. The number of allylic oxidation sites excluding steroid dienone is 1. The van der Waals surface area contributed by atoms with Crippen LogP contribution in [0.25, 0.3) is 11.6 Å². The fraction of sp³-hybridized carbons (Fsp3) is 0.160. The second-order valence-electron chi connectivity index (χ2n) is 7.45. The van der Waals surface area contributed by atoms with Crippen LogP contribution >= 0.6 is 0 Å². The van der Waals surface area contributed by atoms with Crippen LogP contribution in [0.3, 0.4) is 0 Å². The van der Waals surface area contributed by atoms with Gasteiger partial charge in [0, 0.05) is 6.20 Å². The van der Waals surface area contributed by atoms with Crippen LogP contribution in [0.15, 0.2) is 72.9 Å². The van der Waals surface area contributed by atoms with E-state index in [9.17, 15) is 24.5 Å². The van der Waals surface area contributed by atoms with Crippen molar-refractivity contribution in [2.75, 3.05) is 6.61 Å². The first kappa shape index (κ1) is 24.6. The maximum absolute atomic E-state index is 14.0. The molecule has 2 aromatic carbocycles. The zero-order valence-corrected chi connectivity index (χ0v) is 18.3. The first-order valence-corrected chi connectivity index (χ1v) is 10.6. The Labute approximate surface area is 197 Å². The molecule has 0 spiro atoms. The molecule has 172 valence electrons. The molecule has 3 N–H and O–H groups in total. The number of ether oxygens (including phenoxy) is 1. The van der Waals surface area contributed by atoms with Gasteiger partial charge in [0.25, 0.3) is 0 Å². The number of nitrogens with zero attached hydrogens (tertiary/aromatic N) is 2. The van der Waals surface area contributed by atoms with Crippen molar-refractivity contribution in [1.82, 2.24) is 10.3 Å². The van der Waals surface area contributed by atoms with Crippen LogP contribution in [-0.4, -0.2) is 40.6 Å². The molecular formula is C25H23BFN3O4. The fourth-order valence-corrected chi connectivity index (χ4v) is 3.24. The van der Waals surface area contributed by atoms with Gasteiger partial charge in [0.1, 0.15) is 23.3 Å². The highest BCUT2D eigenvalue weighted by Gasteiger charge is 2.25. The predicted octanol–water partition coefficient (Wildman–Crippen LogP) is 2.79. The van der Waals surface area contributed by atoms with Crippen LogP contribution in [0.5, 0.6) is 5.75 Å². The maximum Gasteiger partial charge on any atom is 0.475 e. The molecule has 9 heteroatoms. The van der Waals surface area contributed by atoms with Gasteiger partial charge in [-0.1, -0.05) is 42.5 Å². The minimum Gasteiger partial charge on any atom is -0.493 e. The minimum atomic E-state index is -1.70. The number of hydrogen-bond acceptors (Lipinski definition) is 6. The van der Waals surface area contributed by atoms with Gasteiger partial charge >= 0.3 is 7.12 Å². The van der Waals surface area contributed by atoms with Crippen molar-refractivity contribution >= 4 is 24.7 Å². The molecule has 0 radical (unpaired) electrons. The second kappa shape index (κ2) is 12.3. The van der Waals surface area contributed by atoms with Gasteiger partial charge in [0.05, 0.1) is 24.5 Å². The molecule has 7 nitrogen and oxygen atoms in total. The molecule has 0 aliphatic rings. The lowest BCUT2D eigenvalue weighted by atomic mass is 9.76. The van der Waals surface area contributed by atoms with E-state index in [1.807, 2.05) is 36.4 Å². The number of carbonyl (C=O) groups excluding carboxylic acids is 1. The zero-order chi connectivity index (χ0) is 24.3. The van der Waals surface area contributed by atoms with Crippen LogP contribution in [0.1, 0.15) is 23.2 Å². The number of pyridine rings is 1. The molecule has 1 atom stereocenters. The van der Waals surface area contributed by atoms with E-state index in [4.69, 9.17) is 4.74 Å². The van der Waals surface area contributed by atoms with E-state index >= 15 is 0 Å². The van der Waals surface area contributed by atoms with E-state index < -0.39 is 18.9 Å². The molecule has 1 aromatic heterocycles. The van der Waals surface area contributed by atoms with Crippen molar-refractivity contribution in [3.05, 3.63) is 95.6 Å². The van der Waals surface area contributed by atoms with Crippen LogP contribution in [-0.2, 0) is 11.2 Å². The van der Waals surface area contributed by atoms with Gasteiger partial charge < -0.3 is 20.1 Å². The van der Waals surface area contributed by atoms with E-state index in [-0.39, 0.29) is 36.6 Å². The molecule has 1 amide bonds. The van der Waals surface area contributed by atoms with Crippen LogP contribution in [0, 0.1) is 17.1 Å². The van der Waals surface area contributed by atoms with Gasteiger partial charge in [-0.3, -0.25) is 9.78 Å². The van der Waals surface area contributed by atoms with Crippen molar-refractivity contribution in [2.24, 2.45) is 0 Å². The number of carbonyl (C=O) groups is 1. The molecule has 1 heterocycles. The molecule has 0 bridgehead atoms. The molecule has 0 saturated carbocycles. The first-order valence-electron chi connectivity index (χ1n) is 10.6. The Morgan fingerprint density at radius 2 is 1.97 bits per heavy atom. The van der Waals surface area contributed by atoms with Gasteiger partial charge in [-0.2, -0.15) is 5.26 Å². The summed E-state index contributed by atoms with van der Waals surface area (Å²) in [7, 11) is -1.70. The minimum absolute atomic E-state index is 0.000663. The summed E-state index contributed by atoms with van der Waals surface area (Å²) in [4.78, 5) is 16.2. The number of aromatic nitrogens is 1. The molecule has 0 aliphatic heterocycles. The highest BCUT2D eigenvalue weighted by molar-refractivity contribution is 6.43. The van der Waals surface area contributed by atoms with Crippen molar-refractivity contribution in [1.29, 1.82) is 5.26 Å². The number of rotatable bonds is 10. The van der Waals surface area contributed by atoms with Gasteiger partial charge in [0.2, 0.25) is 5.91 Å². The SMILES string of the molecule is N#CC(=Cc1cccc(OCCC(=O)NC(Cc2ccccc2)B(O)O)c1)c1ncccc1F. The number of nitrogens with one attached hydrogen (secondary N) is 1. The van der Waals surface area contributed by atoms with Crippen LogP contribution in [0.4, 0.5) is 4.39 Å². The number of nitriles is 1. The maximum atomic E-state index is 14.0. The van der Waals surface area contributed by atoms with Crippen LogP contribution < -0.4 is 10.1 Å². The third-order valence-corrected chi connectivity index (χ3v) is 4.91. The van der Waals surface area contributed by atoms with Crippen molar-refractivity contribution in [2.45, 2.75) is 18.8 Å². The third kappa shape index (κ3) is 7.27. The van der Waals surface area contributed by atoms with Gasteiger partial charge in [-0.25, -0.2) is 4.39 Å². The molecule has 3 rings (SSSR count). The summed E-state index contributed by atoms with van der Waals surface area (Å²) in [6, 6.07) is 20.6. The molecule has 1 unspecified atom stereocenters. The normalized spacial score (nSPS) is 11.9. The van der Waals surface area contributed by atoms with E-state index in [1.165, 1.54) is 24.4 Å². The topological polar surface area (TPSA) is 115 Å². The smallest absolute Gasteiger partial charge is 0.475 e. The first-order chi connectivity index (χ1) is 16.5. The lowest BCUT2D eigenvalue weighted by Crippen LogP contribution is -2.48. The Balaban J connectivity index is 1.57. The average molecular weight is 459 g/mol. The highest BCUT2D eigenvalue weighted by atomic mass is 19.1. The van der Waals surface area contributed by atoms with Gasteiger partial charge in [-0.15, -0.1) is 0 Å².